The Bertz CT molecular complexity index is 1170. The van der Waals surface area contributed by atoms with Gasteiger partial charge in [-0.15, -0.1) is 0 Å². The van der Waals surface area contributed by atoms with Crippen LogP contribution in [0.15, 0.2) is 43.8 Å². The van der Waals surface area contributed by atoms with Gasteiger partial charge in [-0.25, -0.2) is 29.9 Å². The van der Waals surface area contributed by atoms with E-state index in [1.807, 2.05) is 0 Å². The average molecular weight is 387 g/mol. The third-order valence-corrected chi connectivity index (χ3v) is 4.19. The smallest absolute Gasteiger partial charge is 0.325 e. The Morgan fingerprint density at radius 1 is 0.828 bits per heavy atom. The molecule has 0 amide bonds. The zero-order valence-corrected chi connectivity index (χ0v) is 15.1. The largest absolute Gasteiger partial charge is 0.435 e. The molecule has 11 nitrogen and oxygen atoms in total. The van der Waals surface area contributed by atoms with Crippen molar-refractivity contribution in [3.8, 4) is 34.6 Å². The predicted octanol–water partition coefficient (Wildman–Crippen LogP) is 2.04. The standard InChI is InChI=1S/C18H13N9O2/c1-19-16-12-2-13-14(15(12)24-9-25-16)17(28-10-3-20-7-21-4-10)27-18(26-13)29-11-5-22-8-23-6-11/h3-9H,2H2,1H3,(H,19,24,25). The van der Waals surface area contributed by atoms with Gasteiger partial charge >= 0.3 is 6.01 Å². The minimum absolute atomic E-state index is 0.108. The summed E-state index contributed by atoms with van der Waals surface area (Å²) in [7, 11) is 1.81. The molecule has 0 spiro atoms. The van der Waals surface area contributed by atoms with Crippen LogP contribution in [-0.2, 0) is 6.42 Å². The molecule has 4 aromatic rings. The van der Waals surface area contributed by atoms with E-state index in [0.717, 1.165) is 11.4 Å². The second-order valence-corrected chi connectivity index (χ2v) is 5.96. The van der Waals surface area contributed by atoms with E-state index in [-0.39, 0.29) is 11.9 Å². The first-order chi connectivity index (χ1) is 14.3. The van der Waals surface area contributed by atoms with Gasteiger partial charge < -0.3 is 14.8 Å². The molecule has 0 saturated carbocycles. The van der Waals surface area contributed by atoms with Crippen molar-refractivity contribution in [2.24, 2.45) is 0 Å². The van der Waals surface area contributed by atoms with E-state index in [9.17, 15) is 0 Å². The first-order valence-corrected chi connectivity index (χ1v) is 8.60. The van der Waals surface area contributed by atoms with Crippen LogP contribution in [0.5, 0.6) is 23.4 Å². The molecule has 5 rings (SSSR count). The van der Waals surface area contributed by atoms with Gasteiger partial charge in [0.1, 0.15) is 24.8 Å². The molecular weight excluding hydrogens is 374 g/mol. The highest BCUT2D eigenvalue weighted by atomic mass is 16.5. The third-order valence-electron chi connectivity index (χ3n) is 4.19. The van der Waals surface area contributed by atoms with E-state index in [2.05, 4.69) is 45.2 Å². The molecule has 0 radical (unpaired) electrons. The van der Waals surface area contributed by atoms with Gasteiger partial charge in [0, 0.05) is 19.0 Å². The molecule has 0 aromatic carbocycles. The number of aromatic nitrogens is 8. The lowest BCUT2D eigenvalue weighted by Crippen LogP contribution is -2.01. The number of fused-ring (bicyclic) bond motifs is 3. The lowest BCUT2D eigenvalue weighted by atomic mass is 10.2. The summed E-state index contributed by atoms with van der Waals surface area (Å²) in [6, 6.07) is 0.108. The van der Waals surface area contributed by atoms with Crippen molar-refractivity contribution in [2.75, 3.05) is 12.4 Å². The van der Waals surface area contributed by atoms with Gasteiger partial charge in [-0.2, -0.15) is 9.97 Å². The lowest BCUT2D eigenvalue weighted by molar-refractivity contribution is 0.407. The van der Waals surface area contributed by atoms with E-state index < -0.39 is 0 Å². The minimum atomic E-state index is 0.108. The maximum atomic E-state index is 5.96. The lowest BCUT2D eigenvalue weighted by Gasteiger charge is -2.11. The van der Waals surface area contributed by atoms with Gasteiger partial charge in [0.05, 0.1) is 41.7 Å². The summed E-state index contributed by atoms with van der Waals surface area (Å²) in [6.07, 6.45) is 11.0. The summed E-state index contributed by atoms with van der Waals surface area (Å²) in [6.45, 7) is 0. The average Bonchev–Trinajstić information content (AvgIpc) is 3.14. The van der Waals surface area contributed by atoms with Gasteiger partial charge in [-0.05, 0) is 0 Å². The molecule has 0 unspecified atom stereocenters. The summed E-state index contributed by atoms with van der Waals surface area (Å²) >= 11 is 0. The quantitative estimate of drug-likeness (QED) is 0.475. The Kier molecular flexibility index (Phi) is 4.09. The summed E-state index contributed by atoms with van der Waals surface area (Å²) in [5, 5.41) is 3.08. The van der Waals surface area contributed by atoms with Crippen molar-refractivity contribution < 1.29 is 9.47 Å². The predicted molar refractivity (Wildman–Crippen MR) is 99.6 cm³/mol. The molecule has 11 heteroatoms. The molecule has 1 aliphatic carbocycles. The fraction of sp³-hybridized carbons (Fsp3) is 0.111. The Morgan fingerprint density at radius 2 is 1.52 bits per heavy atom. The maximum Gasteiger partial charge on any atom is 0.325 e. The van der Waals surface area contributed by atoms with Crippen LogP contribution in [0.1, 0.15) is 11.3 Å². The van der Waals surface area contributed by atoms with Crippen LogP contribution in [0.3, 0.4) is 0 Å². The number of nitrogens with zero attached hydrogens (tertiary/aromatic N) is 8. The second-order valence-electron chi connectivity index (χ2n) is 5.96. The fourth-order valence-corrected chi connectivity index (χ4v) is 3.02. The Hall–Kier alpha value is -4.28. The van der Waals surface area contributed by atoms with E-state index in [4.69, 9.17) is 9.47 Å². The third kappa shape index (κ3) is 3.14. The first kappa shape index (κ1) is 16.9. The van der Waals surface area contributed by atoms with Crippen LogP contribution in [0, 0.1) is 0 Å². The molecule has 4 heterocycles. The van der Waals surface area contributed by atoms with Crippen LogP contribution in [0.25, 0.3) is 11.3 Å². The highest BCUT2D eigenvalue weighted by Crippen LogP contribution is 2.43. The highest BCUT2D eigenvalue weighted by Gasteiger charge is 2.30. The van der Waals surface area contributed by atoms with E-state index in [0.29, 0.717) is 34.9 Å². The fourth-order valence-electron chi connectivity index (χ4n) is 3.02. The Morgan fingerprint density at radius 3 is 2.21 bits per heavy atom. The van der Waals surface area contributed by atoms with E-state index in [1.54, 1.807) is 19.4 Å². The molecule has 0 aliphatic heterocycles. The van der Waals surface area contributed by atoms with Crippen molar-refractivity contribution in [3.05, 3.63) is 55.0 Å². The summed E-state index contributed by atoms with van der Waals surface area (Å²) in [4.78, 5) is 33.5. The normalized spacial score (nSPS) is 11.5. The van der Waals surface area contributed by atoms with Crippen molar-refractivity contribution in [1.29, 1.82) is 0 Å². The zero-order chi connectivity index (χ0) is 19.6. The van der Waals surface area contributed by atoms with Gasteiger partial charge in [-0.1, -0.05) is 0 Å². The van der Waals surface area contributed by atoms with Gasteiger partial charge in [0.25, 0.3) is 0 Å². The van der Waals surface area contributed by atoms with Gasteiger partial charge in [-0.3, -0.25) is 0 Å². The van der Waals surface area contributed by atoms with Crippen LogP contribution < -0.4 is 14.8 Å². The van der Waals surface area contributed by atoms with Crippen LogP contribution >= 0.6 is 0 Å². The number of ether oxygens (including phenoxy) is 2. The van der Waals surface area contributed by atoms with Crippen LogP contribution in [0.4, 0.5) is 5.82 Å². The zero-order valence-electron chi connectivity index (χ0n) is 15.1. The number of rotatable bonds is 5. The first-order valence-electron chi connectivity index (χ1n) is 8.60. The molecular formula is C18H13N9O2. The summed E-state index contributed by atoms with van der Waals surface area (Å²) in [5.41, 5.74) is 3.01. The number of hydrogen-bond donors (Lipinski definition) is 1. The molecule has 4 aromatic heterocycles. The topological polar surface area (TPSA) is 134 Å². The molecule has 1 N–H and O–H groups in total. The maximum absolute atomic E-state index is 5.96. The molecule has 0 fully saturated rings. The molecule has 142 valence electrons. The SMILES string of the molecule is CNc1ncnc2c1Cc1nc(Oc3cncnc3)nc(Oc3cncnc3)c1-2. The van der Waals surface area contributed by atoms with E-state index in [1.165, 1.54) is 31.4 Å². The number of nitrogens with one attached hydrogen (secondary N) is 1. The van der Waals surface area contributed by atoms with Gasteiger partial charge in [0.2, 0.25) is 5.88 Å². The highest BCUT2D eigenvalue weighted by molar-refractivity contribution is 5.80. The minimum Gasteiger partial charge on any atom is -0.435 e. The van der Waals surface area contributed by atoms with Crippen LogP contribution in [-0.4, -0.2) is 46.9 Å². The summed E-state index contributed by atoms with van der Waals surface area (Å²) in [5.74, 6) is 1.85. The molecule has 1 aliphatic rings. The summed E-state index contributed by atoms with van der Waals surface area (Å²) < 4.78 is 11.7. The number of anilines is 1. The molecule has 0 bridgehead atoms. The van der Waals surface area contributed by atoms with Gasteiger partial charge in [0.15, 0.2) is 11.5 Å². The molecule has 29 heavy (non-hydrogen) atoms. The van der Waals surface area contributed by atoms with E-state index >= 15 is 0 Å². The van der Waals surface area contributed by atoms with Crippen LogP contribution in [0.2, 0.25) is 0 Å². The molecule has 0 saturated heterocycles. The van der Waals surface area contributed by atoms with Crippen molar-refractivity contribution >= 4 is 5.82 Å². The number of hydrogen-bond acceptors (Lipinski definition) is 11. The Balaban J connectivity index is 1.62. The molecule has 0 atom stereocenters. The second kappa shape index (κ2) is 7.03. The Labute approximate surface area is 164 Å². The monoisotopic (exact) mass is 387 g/mol. The van der Waals surface area contributed by atoms with Crippen molar-refractivity contribution in [1.82, 2.24) is 39.9 Å². The van der Waals surface area contributed by atoms with Crippen molar-refractivity contribution in [2.45, 2.75) is 6.42 Å². The van der Waals surface area contributed by atoms with Crippen molar-refractivity contribution in [3.63, 3.8) is 0 Å².